The fourth-order valence-corrected chi connectivity index (χ4v) is 5.36. The number of benzene rings is 1. The van der Waals surface area contributed by atoms with Gasteiger partial charge >= 0.3 is 0 Å². The minimum atomic E-state index is -0.331. The van der Waals surface area contributed by atoms with Gasteiger partial charge in [-0.1, -0.05) is 43.7 Å². The van der Waals surface area contributed by atoms with Crippen molar-refractivity contribution in [2.45, 2.75) is 81.5 Å². The monoisotopic (exact) mass is 429 g/mol. The second-order valence-electron chi connectivity index (χ2n) is 8.60. The fraction of sp³-hybridized carbons (Fsp3) is 0.609. The van der Waals surface area contributed by atoms with Crippen LogP contribution in [0.5, 0.6) is 0 Å². The van der Waals surface area contributed by atoms with Crippen LogP contribution in [0.3, 0.4) is 0 Å². The van der Waals surface area contributed by atoms with E-state index >= 15 is 0 Å². The molecular weight excluding hydrogens is 398 g/mol. The van der Waals surface area contributed by atoms with Gasteiger partial charge in [0.25, 0.3) is 5.56 Å². The van der Waals surface area contributed by atoms with Crippen molar-refractivity contribution in [1.82, 2.24) is 14.9 Å². The maximum atomic E-state index is 13.2. The molecule has 30 heavy (non-hydrogen) atoms. The summed E-state index contributed by atoms with van der Waals surface area (Å²) in [6.45, 7) is 5.33. The maximum absolute atomic E-state index is 13.2. The van der Waals surface area contributed by atoms with Gasteiger partial charge in [0, 0.05) is 12.6 Å². The smallest absolute Gasteiger partial charge is 0.262 e. The van der Waals surface area contributed by atoms with Gasteiger partial charge in [-0.15, -0.1) is 0 Å². The average molecular weight is 430 g/mol. The minimum Gasteiger partial charge on any atom is -0.376 e. The van der Waals surface area contributed by atoms with Crippen molar-refractivity contribution in [3.05, 3.63) is 34.6 Å². The topological polar surface area (TPSA) is 73.2 Å². The molecule has 1 saturated carbocycles. The summed E-state index contributed by atoms with van der Waals surface area (Å²) in [6.07, 6.45) is 6.61. The molecule has 6 nitrogen and oxygen atoms in total. The van der Waals surface area contributed by atoms with E-state index in [4.69, 9.17) is 9.72 Å². The summed E-state index contributed by atoms with van der Waals surface area (Å²) in [5.41, 5.74) is 0.606. The van der Waals surface area contributed by atoms with Gasteiger partial charge in [-0.2, -0.15) is 0 Å². The molecule has 4 rings (SSSR count). The zero-order chi connectivity index (χ0) is 21.1. The van der Waals surface area contributed by atoms with E-state index in [-0.39, 0.29) is 28.9 Å². The van der Waals surface area contributed by atoms with Crippen molar-refractivity contribution >= 4 is 28.6 Å². The van der Waals surface area contributed by atoms with Crippen LogP contribution in [0.2, 0.25) is 0 Å². The number of nitrogens with zero attached hydrogens (tertiary/aromatic N) is 2. The normalized spacial score (nSPS) is 25.3. The summed E-state index contributed by atoms with van der Waals surface area (Å²) < 4.78 is 7.47. The second-order valence-corrected chi connectivity index (χ2v) is 9.91. The van der Waals surface area contributed by atoms with E-state index in [0.717, 1.165) is 25.9 Å². The largest absolute Gasteiger partial charge is 0.376 e. The Morgan fingerprint density at radius 3 is 2.83 bits per heavy atom. The molecule has 2 aromatic rings. The Morgan fingerprint density at radius 2 is 2.07 bits per heavy atom. The molecule has 1 aliphatic heterocycles. The molecule has 4 atom stereocenters. The number of hydrogen-bond acceptors (Lipinski definition) is 5. The Kier molecular flexibility index (Phi) is 6.78. The van der Waals surface area contributed by atoms with E-state index in [1.165, 1.54) is 31.0 Å². The number of rotatable bonds is 6. The minimum absolute atomic E-state index is 0.0184. The number of carbonyl (C=O) groups is 1. The first-order chi connectivity index (χ1) is 14.5. The molecule has 1 amide bonds. The molecule has 2 fully saturated rings. The van der Waals surface area contributed by atoms with Crippen molar-refractivity contribution in [3.8, 4) is 0 Å². The molecule has 0 spiro atoms. The van der Waals surface area contributed by atoms with E-state index < -0.39 is 0 Å². The third-order valence-electron chi connectivity index (χ3n) is 6.33. The van der Waals surface area contributed by atoms with E-state index in [1.54, 1.807) is 4.57 Å². The van der Waals surface area contributed by atoms with Gasteiger partial charge in [0.2, 0.25) is 5.91 Å². The van der Waals surface area contributed by atoms with Crippen LogP contribution in [-0.4, -0.2) is 39.5 Å². The standard InChI is InChI=1S/C23H31N3O3S/c1-15-8-3-5-11-19(15)24-21(27)16(2)30-23-25-20-12-6-4-10-18(20)22(28)26(23)14-17-9-7-13-29-17/h4,6,10,12,15-17,19H,3,5,7-9,11,13-14H2,1-2H3,(H,24,27)/t15-,16+,17-,19-/m0/s1. The highest BCUT2D eigenvalue weighted by Crippen LogP contribution is 2.27. The number of carbonyl (C=O) groups excluding carboxylic acids is 1. The lowest BCUT2D eigenvalue weighted by Crippen LogP contribution is -2.44. The van der Waals surface area contributed by atoms with Gasteiger partial charge in [0.15, 0.2) is 5.16 Å². The van der Waals surface area contributed by atoms with Gasteiger partial charge in [0.1, 0.15) is 0 Å². The fourth-order valence-electron chi connectivity index (χ4n) is 4.43. The molecule has 2 aliphatic rings. The summed E-state index contributed by atoms with van der Waals surface area (Å²) in [7, 11) is 0. The van der Waals surface area contributed by atoms with E-state index in [9.17, 15) is 9.59 Å². The van der Waals surface area contributed by atoms with Gasteiger partial charge in [-0.05, 0) is 50.7 Å². The third-order valence-corrected chi connectivity index (χ3v) is 7.42. The van der Waals surface area contributed by atoms with Crippen LogP contribution in [0.4, 0.5) is 0 Å². The number of fused-ring (bicyclic) bond motifs is 1. The number of ether oxygens (including phenoxy) is 1. The molecular formula is C23H31N3O3S. The number of aromatic nitrogens is 2. The van der Waals surface area contributed by atoms with Crippen LogP contribution < -0.4 is 10.9 Å². The van der Waals surface area contributed by atoms with Gasteiger partial charge in [0.05, 0.1) is 28.8 Å². The van der Waals surface area contributed by atoms with Crippen molar-refractivity contribution in [2.24, 2.45) is 5.92 Å². The van der Waals surface area contributed by atoms with Gasteiger partial charge < -0.3 is 10.1 Å². The average Bonchev–Trinajstić information content (AvgIpc) is 3.26. The molecule has 0 unspecified atom stereocenters. The highest BCUT2D eigenvalue weighted by molar-refractivity contribution is 8.00. The molecule has 1 aromatic carbocycles. The summed E-state index contributed by atoms with van der Waals surface area (Å²) >= 11 is 1.36. The number of nitrogens with one attached hydrogen (secondary N) is 1. The molecule has 1 saturated heterocycles. The zero-order valence-corrected chi connectivity index (χ0v) is 18.6. The summed E-state index contributed by atoms with van der Waals surface area (Å²) in [5.74, 6) is 0.529. The summed E-state index contributed by atoms with van der Waals surface area (Å²) in [4.78, 5) is 30.8. The molecule has 0 radical (unpaired) electrons. The summed E-state index contributed by atoms with van der Waals surface area (Å²) in [6, 6.07) is 7.65. The Balaban J connectivity index is 1.56. The molecule has 1 aliphatic carbocycles. The van der Waals surface area contributed by atoms with Crippen LogP contribution >= 0.6 is 11.8 Å². The predicted molar refractivity (Wildman–Crippen MR) is 120 cm³/mol. The van der Waals surface area contributed by atoms with Crippen molar-refractivity contribution in [2.75, 3.05) is 6.61 Å². The van der Waals surface area contributed by atoms with E-state index in [2.05, 4.69) is 12.2 Å². The molecule has 2 heterocycles. The third kappa shape index (κ3) is 4.72. The molecule has 0 bridgehead atoms. The van der Waals surface area contributed by atoms with Crippen LogP contribution in [0.1, 0.15) is 52.4 Å². The second kappa shape index (κ2) is 9.52. The maximum Gasteiger partial charge on any atom is 0.262 e. The lowest BCUT2D eigenvalue weighted by atomic mass is 9.86. The first-order valence-electron chi connectivity index (χ1n) is 11.1. The Labute approximate surface area is 181 Å². The van der Waals surface area contributed by atoms with Crippen LogP contribution in [0.15, 0.2) is 34.2 Å². The quantitative estimate of drug-likeness (QED) is 0.559. The molecule has 1 aromatic heterocycles. The molecule has 7 heteroatoms. The Hall–Kier alpha value is -1.86. The zero-order valence-electron chi connectivity index (χ0n) is 17.8. The summed E-state index contributed by atoms with van der Waals surface area (Å²) in [5, 5.41) is 4.10. The first-order valence-corrected chi connectivity index (χ1v) is 12.0. The lowest BCUT2D eigenvalue weighted by molar-refractivity contribution is -0.121. The van der Waals surface area contributed by atoms with E-state index in [1.807, 2.05) is 31.2 Å². The number of hydrogen-bond donors (Lipinski definition) is 1. The van der Waals surface area contributed by atoms with E-state index in [0.29, 0.717) is 28.5 Å². The number of thioether (sulfide) groups is 1. The van der Waals surface area contributed by atoms with Crippen molar-refractivity contribution in [3.63, 3.8) is 0 Å². The van der Waals surface area contributed by atoms with Crippen molar-refractivity contribution < 1.29 is 9.53 Å². The van der Waals surface area contributed by atoms with Crippen LogP contribution in [0, 0.1) is 5.92 Å². The van der Waals surface area contributed by atoms with Crippen molar-refractivity contribution in [1.29, 1.82) is 0 Å². The first kappa shape index (κ1) is 21.4. The SMILES string of the molecule is C[C@@H](Sc1nc2ccccc2c(=O)n1C[C@@H]1CCCO1)C(=O)N[C@H]1CCCC[C@@H]1C. The highest BCUT2D eigenvalue weighted by Gasteiger charge is 2.27. The molecule has 162 valence electrons. The Morgan fingerprint density at radius 1 is 1.27 bits per heavy atom. The number of amides is 1. The Bertz CT molecular complexity index is 954. The predicted octanol–water partition coefficient (Wildman–Crippen LogP) is 3.75. The highest BCUT2D eigenvalue weighted by atomic mass is 32.2. The van der Waals surface area contributed by atoms with Gasteiger partial charge in [-0.3, -0.25) is 14.2 Å². The number of para-hydroxylation sites is 1. The molecule has 1 N–H and O–H groups in total. The lowest BCUT2D eigenvalue weighted by Gasteiger charge is -2.30. The van der Waals surface area contributed by atoms with Crippen LogP contribution in [0.25, 0.3) is 10.9 Å². The van der Waals surface area contributed by atoms with Crippen LogP contribution in [-0.2, 0) is 16.1 Å². The van der Waals surface area contributed by atoms with Gasteiger partial charge in [-0.25, -0.2) is 4.98 Å².